The van der Waals surface area contributed by atoms with Gasteiger partial charge in [0, 0.05) is 18.8 Å². The number of halogens is 2. The zero-order valence-electron chi connectivity index (χ0n) is 14.7. The van der Waals surface area contributed by atoms with Crippen molar-refractivity contribution < 1.29 is 18.0 Å². The fourth-order valence-corrected chi connectivity index (χ4v) is 3.24. The maximum Gasteiger partial charge on any atom is 0.280 e. The highest BCUT2D eigenvalue weighted by Gasteiger charge is 2.49. The SMILES string of the molecule is CN1C(=O)C(c2cccc(-c3cocn3)c2)(c2ccnc(C(F)F)c2)N=C1N. The quantitative estimate of drug-likeness (QED) is 0.747. The second kappa shape index (κ2) is 6.52. The first-order valence-corrected chi connectivity index (χ1v) is 8.30. The van der Waals surface area contributed by atoms with Crippen molar-refractivity contribution in [3.05, 3.63) is 72.1 Å². The predicted molar refractivity (Wildman–Crippen MR) is 96.3 cm³/mol. The first-order valence-electron chi connectivity index (χ1n) is 8.30. The van der Waals surface area contributed by atoms with Gasteiger partial charge in [-0.15, -0.1) is 0 Å². The van der Waals surface area contributed by atoms with Crippen LogP contribution < -0.4 is 5.73 Å². The lowest BCUT2D eigenvalue weighted by Crippen LogP contribution is -2.41. The second-order valence-corrected chi connectivity index (χ2v) is 6.27. The number of benzene rings is 1. The Balaban J connectivity index is 1.95. The van der Waals surface area contributed by atoms with E-state index in [1.807, 2.05) is 0 Å². The van der Waals surface area contributed by atoms with Crippen LogP contribution in [0.2, 0.25) is 0 Å². The van der Waals surface area contributed by atoms with Gasteiger partial charge in [0.1, 0.15) is 17.7 Å². The summed E-state index contributed by atoms with van der Waals surface area (Å²) in [5.41, 5.74) is 5.85. The molecule has 0 bridgehead atoms. The van der Waals surface area contributed by atoms with E-state index >= 15 is 0 Å². The van der Waals surface area contributed by atoms with Crippen LogP contribution in [0.5, 0.6) is 0 Å². The van der Waals surface area contributed by atoms with Crippen molar-refractivity contribution in [3.63, 3.8) is 0 Å². The van der Waals surface area contributed by atoms with Gasteiger partial charge in [-0.1, -0.05) is 18.2 Å². The molecule has 0 saturated heterocycles. The van der Waals surface area contributed by atoms with Gasteiger partial charge in [-0.05, 0) is 29.3 Å². The number of aromatic nitrogens is 2. The number of likely N-dealkylation sites (N-methyl/N-ethyl adjacent to an activating group) is 1. The minimum atomic E-state index is -2.78. The van der Waals surface area contributed by atoms with Gasteiger partial charge in [-0.2, -0.15) is 0 Å². The predicted octanol–water partition coefficient (Wildman–Crippen LogP) is 2.70. The molecular formula is C19H15F2N5O2. The molecule has 1 aliphatic heterocycles. The smallest absolute Gasteiger partial charge is 0.280 e. The topological polar surface area (TPSA) is 97.6 Å². The number of guanidine groups is 1. The van der Waals surface area contributed by atoms with Crippen molar-refractivity contribution >= 4 is 11.9 Å². The molecule has 1 unspecified atom stereocenters. The molecule has 1 aliphatic rings. The molecule has 4 rings (SSSR count). The summed E-state index contributed by atoms with van der Waals surface area (Å²) in [5.74, 6) is -0.457. The van der Waals surface area contributed by atoms with Crippen LogP contribution in [0.15, 0.2) is 64.7 Å². The molecule has 0 spiro atoms. The molecule has 0 fully saturated rings. The monoisotopic (exact) mass is 383 g/mol. The Morgan fingerprint density at radius 1 is 1.18 bits per heavy atom. The molecule has 0 saturated carbocycles. The van der Waals surface area contributed by atoms with Crippen molar-refractivity contribution in [3.8, 4) is 11.3 Å². The number of nitrogens with zero attached hydrogens (tertiary/aromatic N) is 4. The first-order chi connectivity index (χ1) is 13.4. The van der Waals surface area contributed by atoms with Crippen LogP contribution in [0.25, 0.3) is 11.3 Å². The number of carbonyl (C=O) groups excluding carboxylic acids is 1. The summed E-state index contributed by atoms with van der Waals surface area (Å²) >= 11 is 0. The third-order valence-corrected chi connectivity index (χ3v) is 4.67. The summed E-state index contributed by atoms with van der Waals surface area (Å²) in [6.07, 6.45) is 1.21. The van der Waals surface area contributed by atoms with Crippen LogP contribution >= 0.6 is 0 Å². The number of oxazole rings is 1. The third-order valence-electron chi connectivity index (χ3n) is 4.67. The van der Waals surface area contributed by atoms with E-state index in [-0.39, 0.29) is 11.5 Å². The van der Waals surface area contributed by atoms with Gasteiger partial charge in [-0.25, -0.2) is 18.8 Å². The van der Waals surface area contributed by atoms with Crippen LogP contribution in [-0.2, 0) is 10.3 Å². The molecule has 1 atom stereocenters. The lowest BCUT2D eigenvalue weighted by molar-refractivity contribution is -0.129. The van der Waals surface area contributed by atoms with Gasteiger partial charge in [-0.3, -0.25) is 14.7 Å². The lowest BCUT2D eigenvalue weighted by atomic mass is 9.82. The van der Waals surface area contributed by atoms with E-state index < -0.39 is 23.6 Å². The molecule has 28 heavy (non-hydrogen) atoms. The molecule has 3 heterocycles. The Morgan fingerprint density at radius 2 is 1.96 bits per heavy atom. The third kappa shape index (κ3) is 2.63. The van der Waals surface area contributed by atoms with Gasteiger partial charge in [0.15, 0.2) is 17.9 Å². The molecule has 3 aromatic rings. The number of carbonyl (C=O) groups is 1. The Kier molecular flexibility index (Phi) is 4.14. The number of hydrogen-bond acceptors (Lipinski definition) is 6. The minimum Gasteiger partial charge on any atom is -0.451 e. The van der Waals surface area contributed by atoms with Crippen molar-refractivity contribution in [1.29, 1.82) is 0 Å². The van der Waals surface area contributed by atoms with Crippen molar-refractivity contribution in [2.24, 2.45) is 10.7 Å². The van der Waals surface area contributed by atoms with Crippen LogP contribution in [0.1, 0.15) is 23.2 Å². The molecule has 2 N–H and O–H groups in total. The molecule has 2 aromatic heterocycles. The molecule has 0 aliphatic carbocycles. The van der Waals surface area contributed by atoms with E-state index in [4.69, 9.17) is 10.2 Å². The Morgan fingerprint density at radius 3 is 2.61 bits per heavy atom. The van der Waals surface area contributed by atoms with Crippen molar-refractivity contribution in [2.75, 3.05) is 7.05 Å². The standard InChI is InChI=1S/C19H15F2N5O2/c1-26-17(27)19(25-18(26)22,13-5-6-23-14(8-13)16(20)21)12-4-2-3-11(7-12)15-9-28-10-24-15/h2-10,16H,1H3,(H2,22,25). The van der Waals surface area contributed by atoms with Crippen molar-refractivity contribution in [2.45, 2.75) is 12.0 Å². The largest absolute Gasteiger partial charge is 0.451 e. The number of aliphatic imine (C=N–C) groups is 1. The van der Waals surface area contributed by atoms with E-state index in [9.17, 15) is 13.6 Å². The van der Waals surface area contributed by atoms with Crippen LogP contribution in [0, 0.1) is 0 Å². The van der Waals surface area contributed by atoms with Crippen LogP contribution in [0.4, 0.5) is 8.78 Å². The highest BCUT2D eigenvalue weighted by molar-refractivity contribution is 6.09. The van der Waals surface area contributed by atoms with Gasteiger partial charge in [0.25, 0.3) is 12.3 Å². The Bertz CT molecular complexity index is 1070. The zero-order chi connectivity index (χ0) is 19.9. The molecule has 0 radical (unpaired) electrons. The number of hydrogen-bond donors (Lipinski definition) is 1. The van der Waals surface area contributed by atoms with E-state index in [1.54, 1.807) is 24.3 Å². The summed E-state index contributed by atoms with van der Waals surface area (Å²) in [7, 11) is 1.49. The van der Waals surface area contributed by atoms with Gasteiger partial charge in [0.05, 0.1) is 0 Å². The number of rotatable bonds is 4. The first kappa shape index (κ1) is 17.8. The zero-order valence-corrected chi connectivity index (χ0v) is 14.7. The van der Waals surface area contributed by atoms with Gasteiger partial charge >= 0.3 is 0 Å². The summed E-state index contributed by atoms with van der Waals surface area (Å²) in [4.78, 5) is 26.6. The number of pyridine rings is 1. The Labute approximate surface area is 158 Å². The summed E-state index contributed by atoms with van der Waals surface area (Å²) in [6.45, 7) is 0. The average Bonchev–Trinajstić information content (AvgIpc) is 3.32. The fraction of sp³-hybridized carbons (Fsp3) is 0.158. The van der Waals surface area contributed by atoms with Gasteiger partial charge < -0.3 is 10.2 Å². The van der Waals surface area contributed by atoms with E-state index in [0.717, 1.165) is 0 Å². The highest BCUT2D eigenvalue weighted by Crippen LogP contribution is 2.41. The summed E-state index contributed by atoms with van der Waals surface area (Å²) in [6, 6.07) is 9.61. The summed E-state index contributed by atoms with van der Waals surface area (Å²) < 4.78 is 31.5. The minimum absolute atomic E-state index is 0.00718. The number of amides is 1. The van der Waals surface area contributed by atoms with E-state index in [0.29, 0.717) is 16.8 Å². The van der Waals surface area contributed by atoms with Gasteiger partial charge in [0.2, 0.25) is 0 Å². The van der Waals surface area contributed by atoms with Crippen LogP contribution in [0.3, 0.4) is 0 Å². The number of nitrogens with two attached hydrogens (primary N) is 1. The average molecular weight is 383 g/mol. The second-order valence-electron chi connectivity index (χ2n) is 6.27. The maximum atomic E-state index is 13.2. The maximum absolute atomic E-state index is 13.2. The van der Waals surface area contributed by atoms with E-state index in [2.05, 4.69) is 15.0 Å². The molecular weight excluding hydrogens is 368 g/mol. The molecule has 1 amide bonds. The highest BCUT2D eigenvalue weighted by atomic mass is 19.3. The normalized spacial score (nSPS) is 19.4. The Hall–Kier alpha value is -3.62. The van der Waals surface area contributed by atoms with E-state index in [1.165, 1.54) is 42.9 Å². The lowest BCUT2D eigenvalue weighted by Gasteiger charge is -2.26. The summed E-state index contributed by atoms with van der Waals surface area (Å²) in [5, 5.41) is 0. The van der Waals surface area contributed by atoms with Crippen molar-refractivity contribution in [1.82, 2.24) is 14.9 Å². The number of alkyl halides is 2. The molecule has 142 valence electrons. The molecule has 9 heteroatoms. The van der Waals surface area contributed by atoms with Crippen LogP contribution in [-0.4, -0.2) is 33.8 Å². The fourth-order valence-electron chi connectivity index (χ4n) is 3.24. The molecule has 1 aromatic carbocycles. The molecule has 7 nitrogen and oxygen atoms in total.